The second-order valence-electron chi connectivity index (χ2n) is 6.02. The molecule has 0 fully saturated rings. The van der Waals surface area contributed by atoms with Crippen LogP contribution in [0.5, 0.6) is 5.75 Å². The van der Waals surface area contributed by atoms with Gasteiger partial charge in [0.1, 0.15) is 5.75 Å². The van der Waals surface area contributed by atoms with Gasteiger partial charge in [-0.1, -0.05) is 30.3 Å². The summed E-state index contributed by atoms with van der Waals surface area (Å²) < 4.78 is 0. The van der Waals surface area contributed by atoms with Crippen LogP contribution in [0.25, 0.3) is 0 Å². The van der Waals surface area contributed by atoms with E-state index in [2.05, 4.69) is 48.2 Å². The molecule has 0 amide bonds. The molecule has 2 heteroatoms. The van der Waals surface area contributed by atoms with Crippen LogP contribution in [-0.4, -0.2) is 11.7 Å². The molecule has 3 rings (SSSR count). The first kappa shape index (κ1) is 14.0. The standard InChI is InChI=1S/C19H23NO/c1-14-10-11-17(19(21)13-14)15(2)20-12-6-5-8-16-7-3-4-9-18(16)20/h3-4,7,9-11,13,15,21H,5-6,8,12H2,1-2H3. The predicted octanol–water partition coefficient (Wildman–Crippen LogP) is 4.60. The number of hydrogen-bond donors (Lipinski definition) is 1. The Morgan fingerprint density at radius 3 is 2.71 bits per heavy atom. The number of phenols is 1. The molecule has 2 aromatic carbocycles. The van der Waals surface area contributed by atoms with Crippen LogP contribution in [0.3, 0.4) is 0 Å². The Kier molecular flexibility index (Phi) is 3.87. The Hall–Kier alpha value is -1.96. The summed E-state index contributed by atoms with van der Waals surface area (Å²) in [6.07, 6.45) is 3.59. The van der Waals surface area contributed by atoms with Gasteiger partial charge in [-0.15, -0.1) is 0 Å². The average molecular weight is 281 g/mol. The normalized spacial score (nSPS) is 16.2. The van der Waals surface area contributed by atoms with E-state index >= 15 is 0 Å². The van der Waals surface area contributed by atoms with Crippen LogP contribution >= 0.6 is 0 Å². The smallest absolute Gasteiger partial charge is 0.121 e. The minimum absolute atomic E-state index is 0.185. The summed E-state index contributed by atoms with van der Waals surface area (Å²) in [6, 6.07) is 14.9. The molecule has 110 valence electrons. The van der Waals surface area contributed by atoms with Crippen molar-refractivity contribution >= 4 is 5.69 Å². The Morgan fingerprint density at radius 1 is 1.10 bits per heavy atom. The van der Waals surface area contributed by atoms with E-state index in [9.17, 15) is 5.11 Å². The van der Waals surface area contributed by atoms with Crippen molar-refractivity contribution in [1.29, 1.82) is 0 Å². The number of phenolic OH excluding ortho intramolecular Hbond substituents is 1. The molecular weight excluding hydrogens is 258 g/mol. The number of hydrogen-bond acceptors (Lipinski definition) is 2. The van der Waals surface area contributed by atoms with Crippen LogP contribution in [0.2, 0.25) is 0 Å². The van der Waals surface area contributed by atoms with Crippen LogP contribution in [0.4, 0.5) is 5.69 Å². The van der Waals surface area contributed by atoms with Crippen LogP contribution in [0.15, 0.2) is 42.5 Å². The summed E-state index contributed by atoms with van der Waals surface area (Å²) in [7, 11) is 0. The van der Waals surface area contributed by atoms with Crippen LogP contribution in [0.1, 0.15) is 42.5 Å². The largest absolute Gasteiger partial charge is 0.508 e. The fraction of sp³-hybridized carbons (Fsp3) is 0.368. The Balaban J connectivity index is 1.99. The zero-order valence-corrected chi connectivity index (χ0v) is 12.8. The number of anilines is 1. The molecule has 1 heterocycles. The van der Waals surface area contributed by atoms with E-state index < -0.39 is 0 Å². The van der Waals surface area contributed by atoms with Crippen molar-refractivity contribution in [3.63, 3.8) is 0 Å². The summed E-state index contributed by atoms with van der Waals surface area (Å²) in [5, 5.41) is 10.3. The molecule has 0 aromatic heterocycles. The number of rotatable bonds is 2. The molecule has 0 spiro atoms. The van der Waals surface area contributed by atoms with Gasteiger partial charge in [-0.25, -0.2) is 0 Å². The highest BCUT2D eigenvalue weighted by Crippen LogP contribution is 2.36. The summed E-state index contributed by atoms with van der Waals surface area (Å²) in [5.41, 5.74) is 4.85. The maximum Gasteiger partial charge on any atom is 0.121 e. The maximum atomic E-state index is 10.3. The van der Waals surface area contributed by atoms with Gasteiger partial charge in [0.2, 0.25) is 0 Å². The molecule has 0 bridgehead atoms. The fourth-order valence-corrected chi connectivity index (χ4v) is 3.30. The van der Waals surface area contributed by atoms with Crippen molar-refractivity contribution in [3.05, 3.63) is 59.2 Å². The molecule has 21 heavy (non-hydrogen) atoms. The minimum Gasteiger partial charge on any atom is -0.508 e. The molecule has 1 atom stereocenters. The van der Waals surface area contributed by atoms with Gasteiger partial charge in [-0.2, -0.15) is 0 Å². The van der Waals surface area contributed by atoms with E-state index in [4.69, 9.17) is 0 Å². The minimum atomic E-state index is 0.185. The van der Waals surface area contributed by atoms with Crippen LogP contribution < -0.4 is 4.90 Å². The third-order valence-corrected chi connectivity index (χ3v) is 4.50. The van der Waals surface area contributed by atoms with Crippen molar-refractivity contribution in [3.8, 4) is 5.75 Å². The highest BCUT2D eigenvalue weighted by molar-refractivity contribution is 5.57. The lowest BCUT2D eigenvalue weighted by atomic mass is 10.0. The Morgan fingerprint density at radius 2 is 1.90 bits per heavy atom. The summed E-state index contributed by atoms with van der Waals surface area (Å²) >= 11 is 0. The Labute approximate surface area is 127 Å². The van der Waals surface area contributed by atoms with Crippen molar-refractivity contribution in [2.24, 2.45) is 0 Å². The molecule has 1 aliphatic rings. The lowest BCUT2D eigenvalue weighted by molar-refractivity contribution is 0.460. The van der Waals surface area contributed by atoms with Gasteiger partial charge >= 0.3 is 0 Å². The summed E-state index contributed by atoms with van der Waals surface area (Å²) in [5.74, 6) is 0.407. The van der Waals surface area contributed by atoms with Gasteiger partial charge < -0.3 is 10.0 Å². The predicted molar refractivity (Wildman–Crippen MR) is 88.0 cm³/mol. The van der Waals surface area contributed by atoms with E-state index in [1.165, 1.54) is 24.1 Å². The molecule has 1 N–H and O–H groups in total. The summed E-state index contributed by atoms with van der Waals surface area (Å²) in [6.45, 7) is 5.24. The number of nitrogens with zero attached hydrogens (tertiary/aromatic N) is 1. The quantitative estimate of drug-likeness (QED) is 0.869. The lowest BCUT2D eigenvalue weighted by Crippen LogP contribution is -2.27. The van der Waals surface area contributed by atoms with Gasteiger partial charge in [0, 0.05) is 17.8 Å². The topological polar surface area (TPSA) is 23.5 Å². The molecule has 0 saturated heterocycles. The van der Waals surface area contributed by atoms with Crippen molar-refractivity contribution in [2.75, 3.05) is 11.4 Å². The van der Waals surface area contributed by atoms with E-state index in [0.29, 0.717) is 5.75 Å². The first-order valence-electron chi connectivity index (χ1n) is 7.81. The van der Waals surface area contributed by atoms with Crippen molar-refractivity contribution < 1.29 is 5.11 Å². The van der Waals surface area contributed by atoms with E-state index in [1.807, 2.05) is 13.0 Å². The molecule has 2 nitrogen and oxygen atoms in total. The SMILES string of the molecule is Cc1ccc(C(C)N2CCCCc3ccccc32)c(O)c1. The fourth-order valence-electron chi connectivity index (χ4n) is 3.30. The highest BCUT2D eigenvalue weighted by atomic mass is 16.3. The van der Waals surface area contributed by atoms with Crippen molar-refractivity contribution in [2.45, 2.75) is 39.2 Å². The second kappa shape index (κ2) is 5.80. The number of aromatic hydroxyl groups is 1. The number of para-hydroxylation sites is 1. The molecule has 1 unspecified atom stereocenters. The number of fused-ring (bicyclic) bond motifs is 1. The maximum absolute atomic E-state index is 10.3. The van der Waals surface area contributed by atoms with Gasteiger partial charge in [0.05, 0.1) is 6.04 Å². The third-order valence-electron chi connectivity index (χ3n) is 4.50. The van der Waals surface area contributed by atoms with Gasteiger partial charge in [-0.3, -0.25) is 0 Å². The zero-order chi connectivity index (χ0) is 14.8. The van der Waals surface area contributed by atoms with E-state index in [0.717, 1.165) is 24.1 Å². The third kappa shape index (κ3) is 2.76. The first-order chi connectivity index (χ1) is 10.2. The number of aryl methyl sites for hydroxylation is 2. The molecule has 0 radical (unpaired) electrons. The monoisotopic (exact) mass is 281 g/mol. The van der Waals surface area contributed by atoms with E-state index in [-0.39, 0.29) is 6.04 Å². The molecular formula is C19H23NO. The van der Waals surface area contributed by atoms with Crippen molar-refractivity contribution in [1.82, 2.24) is 0 Å². The van der Waals surface area contributed by atoms with Gasteiger partial charge in [-0.05, 0) is 56.4 Å². The van der Waals surface area contributed by atoms with Gasteiger partial charge in [0.25, 0.3) is 0 Å². The van der Waals surface area contributed by atoms with E-state index in [1.54, 1.807) is 0 Å². The lowest BCUT2D eigenvalue weighted by Gasteiger charge is -2.32. The van der Waals surface area contributed by atoms with Crippen LogP contribution in [-0.2, 0) is 6.42 Å². The first-order valence-corrected chi connectivity index (χ1v) is 7.81. The second-order valence-corrected chi connectivity index (χ2v) is 6.02. The molecule has 2 aromatic rings. The molecule has 0 saturated carbocycles. The Bertz CT molecular complexity index is 635. The average Bonchev–Trinajstić information content (AvgIpc) is 2.69. The molecule has 1 aliphatic heterocycles. The van der Waals surface area contributed by atoms with Gasteiger partial charge in [0.15, 0.2) is 0 Å². The number of benzene rings is 2. The van der Waals surface area contributed by atoms with Crippen LogP contribution in [0, 0.1) is 6.92 Å². The molecule has 0 aliphatic carbocycles. The zero-order valence-electron chi connectivity index (χ0n) is 12.8. The summed E-state index contributed by atoms with van der Waals surface area (Å²) in [4.78, 5) is 2.44. The highest BCUT2D eigenvalue weighted by Gasteiger charge is 2.22.